The van der Waals surface area contributed by atoms with Gasteiger partial charge in [0.05, 0.1) is 24.3 Å². The lowest BCUT2D eigenvalue weighted by molar-refractivity contribution is -0.121. The zero-order valence-corrected chi connectivity index (χ0v) is 15.8. The van der Waals surface area contributed by atoms with E-state index in [4.69, 9.17) is 9.73 Å². The number of rotatable bonds is 3. The van der Waals surface area contributed by atoms with E-state index in [9.17, 15) is 4.79 Å². The number of ketones is 1. The van der Waals surface area contributed by atoms with Gasteiger partial charge in [0, 0.05) is 43.0 Å². The average Bonchev–Trinajstić information content (AvgIpc) is 3.34. The summed E-state index contributed by atoms with van der Waals surface area (Å²) in [7, 11) is 0. The molecule has 0 bridgehead atoms. The Kier molecular flexibility index (Phi) is 3.93. The summed E-state index contributed by atoms with van der Waals surface area (Å²) in [4.78, 5) is 22.8. The number of Topliss-reactive ketones (excluding diaryl/α,β-unsaturated/α-hetero) is 1. The summed E-state index contributed by atoms with van der Waals surface area (Å²) in [5, 5.41) is 0. The molecule has 5 nitrogen and oxygen atoms in total. The molecule has 0 amide bonds. The molecule has 0 N–H and O–H groups in total. The van der Waals surface area contributed by atoms with E-state index in [-0.39, 0.29) is 5.78 Å². The van der Waals surface area contributed by atoms with Gasteiger partial charge in [-0.25, -0.2) is 4.99 Å². The lowest BCUT2D eigenvalue weighted by atomic mass is 9.74. The number of fused-ring (bicyclic) bond motifs is 1. The number of amidine groups is 1. The van der Waals surface area contributed by atoms with Crippen LogP contribution in [0.2, 0.25) is 0 Å². The van der Waals surface area contributed by atoms with Crippen LogP contribution in [-0.4, -0.2) is 44.5 Å². The Balaban J connectivity index is 1.47. The molecular weight excluding hydrogens is 338 g/mol. The first-order chi connectivity index (χ1) is 13.2. The predicted molar refractivity (Wildman–Crippen MR) is 107 cm³/mol. The maximum Gasteiger partial charge on any atom is 0.178 e. The van der Waals surface area contributed by atoms with Gasteiger partial charge in [-0.3, -0.25) is 4.79 Å². The minimum atomic E-state index is -0.448. The van der Waals surface area contributed by atoms with Crippen LogP contribution in [0.15, 0.2) is 52.7 Å². The summed E-state index contributed by atoms with van der Waals surface area (Å²) in [6.07, 6.45) is 6.44. The van der Waals surface area contributed by atoms with Crippen molar-refractivity contribution in [3.05, 3.63) is 47.7 Å². The molecule has 140 valence electrons. The van der Waals surface area contributed by atoms with E-state index in [1.165, 1.54) is 5.69 Å². The molecule has 2 fully saturated rings. The Morgan fingerprint density at radius 1 is 1.11 bits per heavy atom. The van der Waals surface area contributed by atoms with E-state index in [0.717, 1.165) is 74.9 Å². The highest BCUT2D eigenvalue weighted by Crippen LogP contribution is 2.46. The summed E-state index contributed by atoms with van der Waals surface area (Å²) in [6.45, 7) is 6.41. The quantitative estimate of drug-likeness (QED) is 0.826. The van der Waals surface area contributed by atoms with Crippen LogP contribution >= 0.6 is 0 Å². The third-order valence-corrected chi connectivity index (χ3v) is 6.41. The minimum absolute atomic E-state index is 0.270. The monoisotopic (exact) mass is 363 g/mol. The fourth-order valence-corrected chi connectivity index (χ4v) is 4.77. The molecule has 1 unspecified atom stereocenters. The van der Waals surface area contributed by atoms with Crippen molar-refractivity contribution in [1.29, 1.82) is 0 Å². The first kappa shape index (κ1) is 16.8. The van der Waals surface area contributed by atoms with Crippen molar-refractivity contribution in [3.63, 3.8) is 0 Å². The molecule has 4 aliphatic rings. The first-order valence-corrected chi connectivity index (χ1v) is 9.97. The summed E-state index contributed by atoms with van der Waals surface area (Å²) in [5.74, 6) is 1.22. The number of carbonyl (C=O) groups is 1. The van der Waals surface area contributed by atoms with Crippen LogP contribution in [0.1, 0.15) is 26.2 Å². The normalized spacial score (nSPS) is 27.1. The summed E-state index contributed by atoms with van der Waals surface area (Å²) < 4.78 is 5.45. The molecule has 0 spiro atoms. The number of benzene rings is 1. The molecule has 1 aromatic carbocycles. The smallest absolute Gasteiger partial charge is 0.178 e. The van der Waals surface area contributed by atoms with E-state index in [2.05, 4.69) is 47.1 Å². The van der Waals surface area contributed by atoms with Crippen molar-refractivity contribution in [2.24, 2.45) is 10.4 Å². The average molecular weight is 363 g/mol. The fraction of sp³-hybridized carbons (Fsp3) is 0.455. The van der Waals surface area contributed by atoms with Gasteiger partial charge in [0.1, 0.15) is 5.84 Å². The highest BCUT2D eigenvalue weighted by molar-refractivity contribution is 6.24. The molecule has 0 saturated carbocycles. The van der Waals surface area contributed by atoms with Gasteiger partial charge in [-0.05, 0) is 37.1 Å². The molecule has 0 radical (unpaired) electrons. The van der Waals surface area contributed by atoms with Crippen LogP contribution in [0.3, 0.4) is 0 Å². The lowest BCUT2D eigenvalue weighted by Gasteiger charge is -2.33. The van der Waals surface area contributed by atoms with Gasteiger partial charge < -0.3 is 14.5 Å². The molecule has 3 aliphatic heterocycles. The van der Waals surface area contributed by atoms with Crippen LogP contribution in [0.4, 0.5) is 11.4 Å². The van der Waals surface area contributed by atoms with Crippen molar-refractivity contribution < 1.29 is 9.53 Å². The Hall–Kier alpha value is -2.40. The van der Waals surface area contributed by atoms with Gasteiger partial charge in [0.2, 0.25) is 0 Å². The van der Waals surface area contributed by atoms with Gasteiger partial charge in [-0.2, -0.15) is 0 Å². The van der Waals surface area contributed by atoms with Crippen LogP contribution in [-0.2, 0) is 9.53 Å². The van der Waals surface area contributed by atoms with Crippen molar-refractivity contribution in [2.75, 3.05) is 42.6 Å². The predicted octanol–water partition coefficient (Wildman–Crippen LogP) is 3.32. The van der Waals surface area contributed by atoms with E-state index >= 15 is 0 Å². The number of anilines is 2. The molecule has 27 heavy (non-hydrogen) atoms. The Morgan fingerprint density at radius 3 is 2.59 bits per heavy atom. The maximum atomic E-state index is 13.2. The van der Waals surface area contributed by atoms with Crippen LogP contribution < -0.4 is 9.80 Å². The second kappa shape index (κ2) is 6.34. The SMILES string of the molecule is CCC12CCN(c3ccc(N4CCOCC4)cc3)C1=NC1=C(C=CC1)C2=O. The van der Waals surface area contributed by atoms with Crippen molar-refractivity contribution in [2.45, 2.75) is 26.2 Å². The van der Waals surface area contributed by atoms with E-state index in [1.54, 1.807) is 0 Å². The Morgan fingerprint density at radius 2 is 1.85 bits per heavy atom. The second-order valence-corrected chi connectivity index (χ2v) is 7.68. The van der Waals surface area contributed by atoms with Crippen LogP contribution in [0.25, 0.3) is 0 Å². The van der Waals surface area contributed by atoms with Crippen molar-refractivity contribution >= 4 is 23.0 Å². The number of nitrogens with zero attached hydrogens (tertiary/aromatic N) is 3. The molecular formula is C22H25N3O2. The number of carbonyl (C=O) groups excluding carboxylic acids is 1. The zero-order chi connectivity index (χ0) is 18.4. The van der Waals surface area contributed by atoms with Crippen molar-refractivity contribution in [1.82, 2.24) is 0 Å². The molecule has 3 heterocycles. The van der Waals surface area contributed by atoms with E-state index in [1.807, 2.05) is 6.08 Å². The molecule has 2 saturated heterocycles. The molecule has 0 aromatic heterocycles. The number of hydrogen-bond donors (Lipinski definition) is 0. The number of hydrogen-bond acceptors (Lipinski definition) is 5. The van der Waals surface area contributed by atoms with Crippen molar-refractivity contribution in [3.8, 4) is 0 Å². The second-order valence-electron chi connectivity index (χ2n) is 7.68. The third kappa shape index (κ3) is 2.48. The standard InChI is InChI=1S/C22H25N3O2/c1-2-22-10-11-25(21(22)23-19-5-3-4-18(19)20(22)26)17-8-6-16(7-9-17)24-12-14-27-15-13-24/h3-4,6-9H,2,5,10-15H2,1H3. The Bertz CT molecular complexity index is 862. The van der Waals surface area contributed by atoms with Crippen LogP contribution in [0, 0.1) is 5.41 Å². The highest BCUT2D eigenvalue weighted by atomic mass is 16.5. The molecule has 5 heteroatoms. The topological polar surface area (TPSA) is 45.1 Å². The van der Waals surface area contributed by atoms with Gasteiger partial charge in [0.25, 0.3) is 0 Å². The van der Waals surface area contributed by atoms with Crippen LogP contribution in [0.5, 0.6) is 0 Å². The third-order valence-electron chi connectivity index (χ3n) is 6.41. The number of aliphatic imine (C=N–C) groups is 1. The maximum absolute atomic E-state index is 13.2. The largest absolute Gasteiger partial charge is 0.378 e. The molecule has 1 aliphatic carbocycles. The van der Waals surface area contributed by atoms with E-state index in [0.29, 0.717) is 0 Å². The fourth-order valence-electron chi connectivity index (χ4n) is 4.77. The van der Waals surface area contributed by atoms with Gasteiger partial charge in [-0.1, -0.05) is 19.1 Å². The number of allylic oxidation sites excluding steroid dienone is 3. The minimum Gasteiger partial charge on any atom is -0.378 e. The summed E-state index contributed by atoms with van der Waals surface area (Å²) >= 11 is 0. The zero-order valence-electron chi connectivity index (χ0n) is 15.8. The molecule has 1 aromatic rings. The summed E-state index contributed by atoms with van der Waals surface area (Å²) in [5.41, 5.74) is 3.69. The number of morpholine rings is 1. The van der Waals surface area contributed by atoms with E-state index < -0.39 is 5.41 Å². The summed E-state index contributed by atoms with van der Waals surface area (Å²) in [6, 6.07) is 8.69. The van der Waals surface area contributed by atoms with Gasteiger partial charge in [0.15, 0.2) is 5.78 Å². The van der Waals surface area contributed by atoms with Gasteiger partial charge >= 0.3 is 0 Å². The highest BCUT2D eigenvalue weighted by Gasteiger charge is 2.52. The van der Waals surface area contributed by atoms with Gasteiger partial charge in [-0.15, -0.1) is 0 Å². The molecule has 5 rings (SSSR count). The lowest BCUT2D eigenvalue weighted by Crippen LogP contribution is -2.43. The Labute approximate surface area is 160 Å². The number of ether oxygens (including phenoxy) is 1. The molecule has 1 atom stereocenters. The first-order valence-electron chi connectivity index (χ1n) is 9.97.